The topological polar surface area (TPSA) is 72.4 Å². The van der Waals surface area contributed by atoms with E-state index in [9.17, 15) is 8.78 Å². The van der Waals surface area contributed by atoms with Crippen LogP contribution in [0.3, 0.4) is 0 Å². The molecule has 9 heteroatoms. The lowest BCUT2D eigenvalue weighted by Crippen LogP contribution is -2.53. The molecule has 0 radical (unpaired) electrons. The Morgan fingerprint density at radius 3 is 2.56 bits per heavy atom. The fraction of sp³-hybridized carbons (Fsp3) is 0.680. The minimum Gasteiger partial charge on any atom is -0.431 e. The van der Waals surface area contributed by atoms with Crippen LogP contribution in [0.1, 0.15) is 57.2 Å². The second-order valence-electron chi connectivity index (χ2n) is 10.8. The number of nitrogen functional groups attached to an aromatic ring is 1. The van der Waals surface area contributed by atoms with Crippen molar-refractivity contribution in [1.82, 2.24) is 24.6 Å². The number of rotatable bonds is 6. The van der Waals surface area contributed by atoms with Crippen LogP contribution in [-0.4, -0.2) is 69.4 Å². The van der Waals surface area contributed by atoms with Gasteiger partial charge in [0.05, 0.1) is 5.69 Å². The number of anilines is 1. The van der Waals surface area contributed by atoms with Crippen LogP contribution in [0.4, 0.5) is 14.6 Å². The Balaban J connectivity index is 1.18. The highest BCUT2D eigenvalue weighted by Gasteiger charge is 2.59. The van der Waals surface area contributed by atoms with Crippen molar-refractivity contribution >= 4 is 5.82 Å². The summed E-state index contributed by atoms with van der Waals surface area (Å²) >= 11 is 0. The first kappa shape index (κ1) is 22.2. The number of nitrogens with zero attached hydrogens (tertiary/aromatic N) is 5. The summed E-state index contributed by atoms with van der Waals surface area (Å²) in [5, 5.41) is 4.84. The van der Waals surface area contributed by atoms with E-state index in [1.165, 1.54) is 63.6 Å². The molecular weight excluding hydrogens is 438 g/mol. The van der Waals surface area contributed by atoms with Crippen molar-refractivity contribution in [3.8, 4) is 17.0 Å². The van der Waals surface area contributed by atoms with E-state index in [-0.39, 0.29) is 17.6 Å². The number of aromatic nitrogens is 3. The summed E-state index contributed by atoms with van der Waals surface area (Å²) in [4.78, 5) is 9.51. The molecule has 4 heterocycles. The predicted molar refractivity (Wildman–Crippen MR) is 126 cm³/mol. The van der Waals surface area contributed by atoms with Crippen LogP contribution in [-0.2, 0) is 0 Å². The predicted octanol–water partition coefficient (Wildman–Crippen LogP) is 3.98. The zero-order valence-electron chi connectivity index (χ0n) is 19.9. The molecule has 2 saturated carbocycles. The largest absolute Gasteiger partial charge is 0.431 e. The highest BCUT2D eigenvalue weighted by molar-refractivity contribution is 5.64. The molecule has 0 aromatic carbocycles. The van der Waals surface area contributed by atoms with Crippen molar-refractivity contribution in [1.29, 1.82) is 0 Å². The molecule has 2 aromatic heterocycles. The molecule has 1 unspecified atom stereocenters. The number of ether oxygens (including phenoxy) is 1. The Kier molecular flexibility index (Phi) is 5.52. The number of nitrogens with two attached hydrogens (primary N) is 1. The van der Waals surface area contributed by atoms with Crippen LogP contribution in [0.15, 0.2) is 18.3 Å². The van der Waals surface area contributed by atoms with Gasteiger partial charge >= 0.3 is 6.61 Å². The molecule has 4 aliphatic rings. The maximum atomic E-state index is 12.8. The zero-order valence-corrected chi connectivity index (χ0v) is 19.9. The molecule has 7 nitrogen and oxygen atoms in total. The molecule has 0 amide bonds. The zero-order chi connectivity index (χ0) is 23.6. The molecule has 6 rings (SSSR count). The lowest BCUT2D eigenvalue weighted by atomic mass is 10.0. The summed E-state index contributed by atoms with van der Waals surface area (Å²) in [6.45, 7) is 6.30. The second kappa shape index (κ2) is 8.45. The van der Waals surface area contributed by atoms with Gasteiger partial charge in [-0.25, -0.2) is 4.98 Å². The third-order valence-electron chi connectivity index (χ3n) is 8.54. The highest BCUT2D eigenvalue weighted by Crippen LogP contribution is 2.64. The van der Waals surface area contributed by atoms with E-state index in [1.54, 1.807) is 6.20 Å². The van der Waals surface area contributed by atoms with Gasteiger partial charge in [-0.1, -0.05) is 0 Å². The van der Waals surface area contributed by atoms with Gasteiger partial charge in [0.15, 0.2) is 11.6 Å². The van der Waals surface area contributed by atoms with Crippen molar-refractivity contribution in [2.24, 2.45) is 11.8 Å². The van der Waals surface area contributed by atoms with Gasteiger partial charge in [0.25, 0.3) is 0 Å². The quantitative estimate of drug-likeness (QED) is 0.686. The minimum absolute atomic E-state index is 0.0474. The number of halogens is 2. The van der Waals surface area contributed by atoms with E-state index in [0.717, 1.165) is 29.6 Å². The molecule has 184 valence electrons. The van der Waals surface area contributed by atoms with E-state index < -0.39 is 6.61 Å². The molecule has 2 aliphatic carbocycles. The van der Waals surface area contributed by atoms with E-state index in [4.69, 9.17) is 10.8 Å². The maximum Gasteiger partial charge on any atom is 0.387 e. The molecule has 0 bridgehead atoms. The number of hydrogen-bond donors (Lipinski definition) is 1. The Morgan fingerprint density at radius 2 is 1.82 bits per heavy atom. The Hall–Kier alpha value is -2.26. The van der Waals surface area contributed by atoms with Crippen LogP contribution in [0.5, 0.6) is 5.75 Å². The minimum atomic E-state index is -2.95. The van der Waals surface area contributed by atoms with E-state index >= 15 is 0 Å². The molecular formula is C25H34F2N6O. The lowest BCUT2D eigenvalue weighted by Gasteiger charge is -2.41. The molecule has 5 atom stereocenters. The standard InChI is InChI=1S/C25H34F2N6O/c1-14(2)33-21(11-20(30-33)15-8-22(34-25(26)27)24(28)29-12-15)23-18-9-17(10-19(18)23)32-7-6-31-5-3-4-16(31)13-32/h8,11-12,14,16-19,23,25H,3-7,9-10,13H2,1-2H3,(H2,28,29)/t16?,17-,18-,19+,23+. The number of hydrogen-bond acceptors (Lipinski definition) is 6. The summed E-state index contributed by atoms with van der Waals surface area (Å²) in [6.07, 6.45) is 6.85. The van der Waals surface area contributed by atoms with Crippen LogP contribution in [0, 0.1) is 11.8 Å². The summed E-state index contributed by atoms with van der Waals surface area (Å²) in [6, 6.07) is 5.35. The molecule has 34 heavy (non-hydrogen) atoms. The number of piperazine rings is 1. The summed E-state index contributed by atoms with van der Waals surface area (Å²) in [5.74, 6) is 1.81. The van der Waals surface area contributed by atoms with E-state index in [0.29, 0.717) is 11.5 Å². The third kappa shape index (κ3) is 3.86. The monoisotopic (exact) mass is 472 g/mol. The molecule has 2 aliphatic heterocycles. The van der Waals surface area contributed by atoms with Gasteiger partial charge in [-0.05, 0) is 70.0 Å². The average Bonchev–Trinajstić information content (AvgIpc) is 3.27. The van der Waals surface area contributed by atoms with Crippen LogP contribution in [0.25, 0.3) is 11.3 Å². The first-order valence-electron chi connectivity index (χ1n) is 12.7. The average molecular weight is 473 g/mol. The van der Waals surface area contributed by atoms with Gasteiger partial charge in [0.2, 0.25) is 0 Å². The molecule has 4 fully saturated rings. The van der Waals surface area contributed by atoms with Crippen molar-refractivity contribution < 1.29 is 13.5 Å². The number of pyridine rings is 1. The molecule has 2 aromatic rings. The van der Waals surface area contributed by atoms with Crippen molar-refractivity contribution in [3.63, 3.8) is 0 Å². The third-order valence-corrected chi connectivity index (χ3v) is 8.54. The molecule has 0 spiro atoms. The Morgan fingerprint density at radius 1 is 1.06 bits per heavy atom. The fourth-order valence-electron chi connectivity index (χ4n) is 6.89. The molecule has 2 N–H and O–H groups in total. The lowest BCUT2D eigenvalue weighted by molar-refractivity contribution is -0.0494. The first-order valence-corrected chi connectivity index (χ1v) is 12.7. The van der Waals surface area contributed by atoms with E-state index in [2.05, 4.69) is 44.1 Å². The van der Waals surface area contributed by atoms with Crippen LogP contribution in [0.2, 0.25) is 0 Å². The summed E-state index contributed by atoms with van der Waals surface area (Å²) < 4.78 is 32.2. The maximum absolute atomic E-state index is 12.8. The van der Waals surface area contributed by atoms with Gasteiger partial charge in [-0.3, -0.25) is 14.5 Å². The highest BCUT2D eigenvalue weighted by atomic mass is 19.3. The van der Waals surface area contributed by atoms with Crippen molar-refractivity contribution in [2.45, 2.75) is 70.2 Å². The summed E-state index contributed by atoms with van der Waals surface area (Å²) in [5.41, 5.74) is 8.35. The smallest absolute Gasteiger partial charge is 0.387 e. The van der Waals surface area contributed by atoms with Gasteiger partial charge in [0.1, 0.15) is 0 Å². The molecule has 2 saturated heterocycles. The number of alkyl halides is 2. The van der Waals surface area contributed by atoms with E-state index in [1.807, 2.05) is 0 Å². The summed E-state index contributed by atoms with van der Waals surface area (Å²) in [7, 11) is 0. The Bertz CT molecular complexity index is 1050. The van der Waals surface area contributed by atoms with Gasteiger partial charge in [-0.2, -0.15) is 13.9 Å². The van der Waals surface area contributed by atoms with Gasteiger partial charge < -0.3 is 10.5 Å². The Labute approximate surface area is 199 Å². The van der Waals surface area contributed by atoms with Gasteiger partial charge in [-0.15, -0.1) is 0 Å². The van der Waals surface area contributed by atoms with Crippen molar-refractivity contribution in [3.05, 3.63) is 24.0 Å². The second-order valence-corrected chi connectivity index (χ2v) is 10.8. The van der Waals surface area contributed by atoms with Crippen LogP contribution >= 0.6 is 0 Å². The fourth-order valence-corrected chi connectivity index (χ4v) is 6.89. The van der Waals surface area contributed by atoms with Gasteiger partial charge in [0, 0.05) is 61.1 Å². The van der Waals surface area contributed by atoms with Crippen LogP contribution < -0.4 is 10.5 Å². The normalized spacial score (nSPS) is 31.3. The number of fused-ring (bicyclic) bond motifs is 2. The first-order chi connectivity index (χ1) is 16.4. The SMILES string of the molecule is CC(C)n1nc(-c2cnc(N)c(OC(F)F)c2)cc1[C@H]1[C@@H]2C[C@@H](N3CCN4CCCC4C3)C[C@@H]21. The van der Waals surface area contributed by atoms with Crippen molar-refractivity contribution in [2.75, 3.05) is 31.9 Å².